The van der Waals surface area contributed by atoms with Crippen molar-refractivity contribution in [3.8, 4) is 10.6 Å². The predicted octanol–water partition coefficient (Wildman–Crippen LogP) is 5.61. The number of pyridine rings is 1. The van der Waals surface area contributed by atoms with Gasteiger partial charge in [0.2, 0.25) is 5.95 Å². The number of anilines is 3. The number of thiazole rings is 1. The van der Waals surface area contributed by atoms with Crippen molar-refractivity contribution in [2.75, 3.05) is 17.7 Å². The van der Waals surface area contributed by atoms with E-state index in [1.807, 2.05) is 25.3 Å². The SMILES string of the molecule is CCC1CCC(Nc2nc(Nc3ccnc(C)c3)ncc2-c2nc3c(s2)CCC=C3)C1.CO. The summed E-state index contributed by atoms with van der Waals surface area (Å²) >= 11 is 1.77. The molecule has 2 unspecified atom stereocenters. The summed E-state index contributed by atoms with van der Waals surface area (Å²) in [6.45, 7) is 4.26. The van der Waals surface area contributed by atoms with Crippen molar-refractivity contribution >= 4 is 34.9 Å². The molecule has 0 bridgehead atoms. The summed E-state index contributed by atoms with van der Waals surface area (Å²) in [5.41, 5.74) is 3.98. The summed E-state index contributed by atoms with van der Waals surface area (Å²) in [6.07, 6.45) is 15.1. The number of aromatic nitrogens is 4. The summed E-state index contributed by atoms with van der Waals surface area (Å²) in [7, 11) is 1.00. The first-order chi connectivity index (χ1) is 16.2. The molecule has 174 valence electrons. The highest BCUT2D eigenvalue weighted by Gasteiger charge is 2.25. The van der Waals surface area contributed by atoms with E-state index in [-0.39, 0.29) is 0 Å². The molecule has 5 rings (SSSR count). The van der Waals surface area contributed by atoms with Gasteiger partial charge in [-0.2, -0.15) is 4.98 Å². The van der Waals surface area contributed by atoms with E-state index in [0.29, 0.717) is 12.0 Å². The van der Waals surface area contributed by atoms with Gasteiger partial charge >= 0.3 is 0 Å². The first-order valence-corrected chi connectivity index (χ1v) is 12.4. The molecule has 8 heteroatoms. The van der Waals surface area contributed by atoms with Crippen LogP contribution in [0, 0.1) is 12.8 Å². The number of nitrogens with zero attached hydrogens (tertiary/aromatic N) is 4. The molecule has 0 aliphatic heterocycles. The van der Waals surface area contributed by atoms with E-state index >= 15 is 0 Å². The molecule has 0 aromatic carbocycles. The molecule has 3 aromatic heterocycles. The highest BCUT2D eigenvalue weighted by atomic mass is 32.1. The lowest BCUT2D eigenvalue weighted by Crippen LogP contribution is -2.18. The van der Waals surface area contributed by atoms with E-state index in [9.17, 15) is 0 Å². The number of hydrogen-bond acceptors (Lipinski definition) is 8. The predicted molar refractivity (Wildman–Crippen MR) is 136 cm³/mol. The van der Waals surface area contributed by atoms with Gasteiger partial charge < -0.3 is 15.7 Å². The lowest BCUT2D eigenvalue weighted by Gasteiger charge is -2.17. The minimum absolute atomic E-state index is 0.448. The summed E-state index contributed by atoms with van der Waals surface area (Å²) in [6, 6.07) is 4.37. The molecule has 0 spiro atoms. The first-order valence-electron chi connectivity index (χ1n) is 11.6. The Morgan fingerprint density at radius 3 is 2.82 bits per heavy atom. The third-order valence-corrected chi connectivity index (χ3v) is 7.34. The number of aliphatic hydroxyl groups excluding tert-OH is 1. The van der Waals surface area contributed by atoms with Crippen molar-refractivity contribution in [1.82, 2.24) is 19.9 Å². The van der Waals surface area contributed by atoms with Gasteiger partial charge in [0.25, 0.3) is 0 Å². The average Bonchev–Trinajstić information content (AvgIpc) is 3.47. The molecule has 2 aliphatic carbocycles. The van der Waals surface area contributed by atoms with Gasteiger partial charge in [0.05, 0.1) is 11.3 Å². The number of hydrogen-bond donors (Lipinski definition) is 3. The molecule has 2 aliphatic rings. The Bertz CT molecular complexity index is 1110. The van der Waals surface area contributed by atoms with Gasteiger partial charge in [0.15, 0.2) is 0 Å². The highest BCUT2D eigenvalue weighted by Crippen LogP contribution is 2.37. The van der Waals surface area contributed by atoms with Crippen LogP contribution in [0.15, 0.2) is 30.6 Å². The molecule has 2 atom stereocenters. The van der Waals surface area contributed by atoms with E-state index in [1.165, 1.54) is 30.6 Å². The quantitative estimate of drug-likeness (QED) is 0.436. The van der Waals surface area contributed by atoms with Gasteiger partial charge in [0.1, 0.15) is 10.8 Å². The van der Waals surface area contributed by atoms with E-state index in [2.05, 4.69) is 39.7 Å². The Morgan fingerprint density at radius 2 is 2.06 bits per heavy atom. The molecular weight excluding hydrogens is 432 g/mol. The maximum Gasteiger partial charge on any atom is 0.229 e. The lowest BCUT2D eigenvalue weighted by molar-refractivity contribution is 0.399. The highest BCUT2D eigenvalue weighted by molar-refractivity contribution is 7.15. The van der Waals surface area contributed by atoms with Gasteiger partial charge in [-0.1, -0.05) is 19.4 Å². The third-order valence-electron chi connectivity index (χ3n) is 6.17. The number of fused-ring (bicyclic) bond motifs is 1. The summed E-state index contributed by atoms with van der Waals surface area (Å²) in [5, 5.41) is 15.1. The van der Waals surface area contributed by atoms with Crippen LogP contribution in [0.5, 0.6) is 0 Å². The fraction of sp³-hybridized carbons (Fsp3) is 0.440. The normalized spacial score (nSPS) is 18.9. The van der Waals surface area contributed by atoms with Crippen LogP contribution in [0.1, 0.15) is 55.3 Å². The van der Waals surface area contributed by atoms with Crippen molar-refractivity contribution in [3.05, 3.63) is 46.9 Å². The van der Waals surface area contributed by atoms with Gasteiger partial charge in [-0.05, 0) is 63.2 Å². The van der Waals surface area contributed by atoms with Crippen LogP contribution < -0.4 is 10.6 Å². The van der Waals surface area contributed by atoms with Gasteiger partial charge in [-0.15, -0.1) is 11.3 Å². The number of aryl methyl sites for hydroxylation is 2. The molecular formula is C25H32N6OS. The summed E-state index contributed by atoms with van der Waals surface area (Å²) < 4.78 is 0. The van der Waals surface area contributed by atoms with Crippen LogP contribution in [0.2, 0.25) is 0 Å². The Morgan fingerprint density at radius 1 is 1.18 bits per heavy atom. The fourth-order valence-corrected chi connectivity index (χ4v) is 5.50. The monoisotopic (exact) mass is 464 g/mol. The van der Waals surface area contributed by atoms with Crippen molar-refractivity contribution < 1.29 is 5.11 Å². The van der Waals surface area contributed by atoms with Crippen LogP contribution >= 0.6 is 11.3 Å². The lowest BCUT2D eigenvalue weighted by atomic mass is 10.1. The number of allylic oxidation sites excluding steroid dienone is 1. The molecule has 33 heavy (non-hydrogen) atoms. The molecule has 0 saturated heterocycles. The van der Waals surface area contributed by atoms with Crippen molar-refractivity contribution in [2.45, 2.75) is 58.4 Å². The Labute approximate surface area is 199 Å². The minimum atomic E-state index is 0.448. The molecule has 3 aromatic rings. The van der Waals surface area contributed by atoms with Crippen LogP contribution in [-0.4, -0.2) is 38.2 Å². The first kappa shape index (κ1) is 23.3. The van der Waals surface area contributed by atoms with Crippen LogP contribution in [0.4, 0.5) is 17.5 Å². The molecule has 7 nitrogen and oxygen atoms in total. The maximum absolute atomic E-state index is 7.00. The van der Waals surface area contributed by atoms with Crippen molar-refractivity contribution in [2.24, 2.45) is 5.92 Å². The van der Waals surface area contributed by atoms with E-state index in [0.717, 1.165) is 59.3 Å². The van der Waals surface area contributed by atoms with Crippen LogP contribution in [0.3, 0.4) is 0 Å². The third kappa shape index (κ3) is 5.57. The molecule has 3 heterocycles. The molecule has 1 fully saturated rings. The van der Waals surface area contributed by atoms with Crippen LogP contribution in [0.25, 0.3) is 16.6 Å². The number of rotatable bonds is 6. The van der Waals surface area contributed by atoms with Crippen molar-refractivity contribution in [3.63, 3.8) is 0 Å². The van der Waals surface area contributed by atoms with Gasteiger partial charge in [0, 0.05) is 41.8 Å². The topological polar surface area (TPSA) is 95.9 Å². The summed E-state index contributed by atoms with van der Waals surface area (Å²) in [4.78, 5) is 20.0. The maximum atomic E-state index is 7.00. The Hall–Kier alpha value is -2.84. The van der Waals surface area contributed by atoms with Crippen LogP contribution in [-0.2, 0) is 6.42 Å². The number of nitrogens with one attached hydrogen (secondary N) is 2. The standard InChI is InChI=1S/C24H28N6S.CH4O/c1-3-16-8-9-17(13-16)27-22-19(23-29-20-6-4-5-7-21(20)31-23)14-26-24(30-22)28-18-10-11-25-15(2)12-18;1-2/h4,6,10-12,14,16-17H,3,5,7-9,13H2,1-2H3,(H2,25,26,27,28,30);2H,1H3. The fourth-order valence-electron chi connectivity index (χ4n) is 4.43. The van der Waals surface area contributed by atoms with E-state index in [1.54, 1.807) is 17.5 Å². The van der Waals surface area contributed by atoms with Crippen molar-refractivity contribution in [1.29, 1.82) is 0 Å². The molecule has 1 saturated carbocycles. The Balaban J connectivity index is 0.00000126. The smallest absolute Gasteiger partial charge is 0.229 e. The number of aliphatic hydroxyl groups is 1. The zero-order chi connectivity index (χ0) is 23.2. The molecule has 0 amide bonds. The zero-order valence-electron chi connectivity index (χ0n) is 19.5. The minimum Gasteiger partial charge on any atom is -0.400 e. The zero-order valence-corrected chi connectivity index (χ0v) is 20.3. The average molecular weight is 465 g/mol. The second-order valence-corrected chi connectivity index (χ2v) is 9.55. The van der Waals surface area contributed by atoms with E-state index < -0.39 is 0 Å². The second kappa shape index (κ2) is 10.9. The molecule has 0 radical (unpaired) electrons. The molecule has 3 N–H and O–H groups in total. The second-order valence-electron chi connectivity index (χ2n) is 8.46. The van der Waals surface area contributed by atoms with E-state index in [4.69, 9.17) is 15.1 Å². The summed E-state index contributed by atoms with van der Waals surface area (Å²) in [5.74, 6) is 2.26. The van der Waals surface area contributed by atoms with Gasteiger partial charge in [-0.25, -0.2) is 9.97 Å². The largest absolute Gasteiger partial charge is 0.400 e. The van der Waals surface area contributed by atoms with Gasteiger partial charge in [-0.3, -0.25) is 4.98 Å². The Kier molecular flexibility index (Phi) is 7.67.